The Bertz CT molecular complexity index is 395. The first-order valence-corrected chi connectivity index (χ1v) is 8.39. The normalized spacial score (nSPS) is 28.9. The minimum absolute atomic E-state index is 0.517. The van der Waals surface area contributed by atoms with Crippen molar-refractivity contribution in [2.75, 3.05) is 0 Å². The molecule has 2 saturated carbocycles. The van der Waals surface area contributed by atoms with Crippen molar-refractivity contribution >= 4 is 0 Å². The lowest BCUT2D eigenvalue weighted by Gasteiger charge is -2.22. The van der Waals surface area contributed by atoms with Crippen LogP contribution in [0.3, 0.4) is 0 Å². The predicted octanol–water partition coefficient (Wildman–Crippen LogP) is 3.98. The van der Waals surface area contributed by atoms with Gasteiger partial charge in [-0.2, -0.15) is 0 Å². The van der Waals surface area contributed by atoms with Crippen LogP contribution in [0.25, 0.3) is 0 Å². The summed E-state index contributed by atoms with van der Waals surface area (Å²) < 4.78 is 0. The SMILES string of the molecule is NNC(CC1CCCCCC1)C1CC1c1ccccc1. The van der Waals surface area contributed by atoms with Crippen molar-refractivity contribution in [3.63, 3.8) is 0 Å². The molecule has 0 aliphatic heterocycles. The molecule has 0 spiro atoms. The highest BCUT2D eigenvalue weighted by Crippen LogP contribution is 2.50. The molecule has 0 bridgehead atoms. The molecule has 1 aromatic carbocycles. The van der Waals surface area contributed by atoms with Gasteiger partial charge in [-0.25, -0.2) is 0 Å². The Morgan fingerprint density at radius 3 is 2.40 bits per heavy atom. The monoisotopic (exact) mass is 272 g/mol. The standard InChI is InChI=1S/C18H28N2/c19-20-18(12-14-8-4-1-2-5-9-14)17-13-16(17)15-10-6-3-7-11-15/h3,6-7,10-11,14,16-18,20H,1-2,4-5,8-9,12-13,19H2. The van der Waals surface area contributed by atoms with E-state index in [1.165, 1.54) is 56.9 Å². The molecule has 20 heavy (non-hydrogen) atoms. The molecule has 3 rings (SSSR count). The smallest absolute Gasteiger partial charge is 0.0247 e. The molecular weight excluding hydrogens is 244 g/mol. The summed E-state index contributed by atoms with van der Waals surface area (Å²) in [6.07, 6.45) is 11.2. The van der Waals surface area contributed by atoms with Crippen molar-refractivity contribution in [2.45, 2.75) is 63.3 Å². The molecular formula is C18H28N2. The predicted molar refractivity (Wildman–Crippen MR) is 84.2 cm³/mol. The summed E-state index contributed by atoms with van der Waals surface area (Å²) in [6.45, 7) is 0. The fraction of sp³-hybridized carbons (Fsp3) is 0.667. The molecule has 2 aliphatic rings. The zero-order chi connectivity index (χ0) is 13.8. The topological polar surface area (TPSA) is 38.0 Å². The van der Waals surface area contributed by atoms with E-state index < -0.39 is 0 Å². The Morgan fingerprint density at radius 2 is 1.75 bits per heavy atom. The summed E-state index contributed by atoms with van der Waals surface area (Å²) in [4.78, 5) is 0. The van der Waals surface area contributed by atoms with Crippen LogP contribution < -0.4 is 11.3 Å². The van der Waals surface area contributed by atoms with Crippen LogP contribution in [0, 0.1) is 11.8 Å². The minimum Gasteiger partial charge on any atom is -0.271 e. The number of nitrogens with two attached hydrogens (primary N) is 1. The third kappa shape index (κ3) is 3.42. The fourth-order valence-corrected chi connectivity index (χ4v) is 4.07. The largest absolute Gasteiger partial charge is 0.271 e. The number of hydrogen-bond donors (Lipinski definition) is 2. The molecule has 3 N–H and O–H groups in total. The summed E-state index contributed by atoms with van der Waals surface area (Å²) in [7, 11) is 0. The van der Waals surface area contributed by atoms with Crippen LogP contribution in [0.1, 0.15) is 62.8 Å². The van der Waals surface area contributed by atoms with E-state index in [-0.39, 0.29) is 0 Å². The van der Waals surface area contributed by atoms with E-state index in [4.69, 9.17) is 5.84 Å². The second-order valence-electron chi connectivity index (χ2n) is 6.78. The van der Waals surface area contributed by atoms with Crippen LogP contribution in [0.4, 0.5) is 0 Å². The van der Waals surface area contributed by atoms with Gasteiger partial charge in [-0.1, -0.05) is 68.9 Å². The molecule has 0 amide bonds. The van der Waals surface area contributed by atoms with E-state index in [0.29, 0.717) is 6.04 Å². The molecule has 0 saturated heterocycles. The van der Waals surface area contributed by atoms with Gasteiger partial charge in [0.05, 0.1) is 0 Å². The van der Waals surface area contributed by atoms with Crippen molar-refractivity contribution in [1.29, 1.82) is 0 Å². The molecule has 2 aliphatic carbocycles. The number of hydrazine groups is 1. The van der Waals surface area contributed by atoms with Gasteiger partial charge >= 0.3 is 0 Å². The Labute approximate surface area is 123 Å². The van der Waals surface area contributed by atoms with E-state index in [1.807, 2.05) is 0 Å². The zero-order valence-corrected chi connectivity index (χ0v) is 12.4. The van der Waals surface area contributed by atoms with Crippen molar-refractivity contribution in [3.8, 4) is 0 Å². The summed E-state index contributed by atoms with van der Waals surface area (Å²) in [5.74, 6) is 8.25. The van der Waals surface area contributed by atoms with E-state index in [0.717, 1.165) is 17.8 Å². The van der Waals surface area contributed by atoms with Gasteiger partial charge in [0.25, 0.3) is 0 Å². The Kier molecular flexibility index (Phi) is 4.74. The molecule has 2 fully saturated rings. The number of hydrogen-bond acceptors (Lipinski definition) is 2. The summed E-state index contributed by atoms with van der Waals surface area (Å²) in [6, 6.07) is 11.5. The van der Waals surface area contributed by atoms with Crippen LogP contribution in [0.15, 0.2) is 30.3 Å². The highest BCUT2D eigenvalue weighted by molar-refractivity contribution is 5.26. The van der Waals surface area contributed by atoms with Gasteiger partial charge in [-0.3, -0.25) is 11.3 Å². The van der Waals surface area contributed by atoms with Crippen molar-refractivity contribution in [1.82, 2.24) is 5.43 Å². The van der Waals surface area contributed by atoms with E-state index in [9.17, 15) is 0 Å². The maximum absolute atomic E-state index is 5.86. The van der Waals surface area contributed by atoms with Crippen LogP contribution >= 0.6 is 0 Å². The molecule has 3 unspecified atom stereocenters. The van der Waals surface area contributed by atoms with Gasteiger partial charge < -0.3 is 0 Å². The second-order valence-corrected chi connectivity index (χ2v) is 6.78. The molecule has 2 nitrogen and oxygen atoms in total. The van der Waals surface area contributed by atoms with Gasteiger partial charge in [0.2, 0.25) is 0 Å². The molecule has 2 heteroatoms. The van der Waals surface area contributed by atoms with E-state index in [1.54, 1.807) is 0 Å². The Hall–Kier alpha value is -0.860. The first kappa shape index (κ1) is 14.1. The molecule has 3 atom stereocenters. The van der Waals surface area contributed by atoms with Crippen LogP contribution in [-0.4, -0.2) is 6.04 Å². The zero-order valence-electron chi connectivity index (χ0n) is 12.4. The molecule has 0 aromatic heterocycles. The average molecular weight is 272 g/mol. The van der Waals surface area contributed by atoms with Gasteiger partial charge in [-0.05, 0) is 36.2 Å². The highest BCUT2D eigenvalue weighted by Gasteiger charge is 2.43. The van der Waals surface area contributed by atoms with Gasteiger partial charge in [0.15, 0.2) is 0 Å². The average Bonchev–Trinajstić information content (AvgIpc) is 3.30. The van der Waals surface area contributed by atoms with Gasteiger partial charge in [-0.15, -0.1) is 0 Å². The Balaban J connectivity index is 1.55. The van der Waals surface area contributed by atoms with Crippen LogP contribution in [0.2, 0.25) is 0 Å². The minimum atomic E-state index is 0.517. The quantitative estimate of drug-likeness (QED) is 0.483. The first-order valence-electron chi connectivity index (χ1n) is 8.39. The lowest BCUT2D eigenvalue weighted by atomic mass is 9.90. The molecule has 0 radical (unpaired) electrons. The third-order valence-electron chi connectivity index (χ3n) is 5.36. The lowest BCUT2D eigenvalue weighted by Crippen LogP contribution is -2.38. The number of nitrogens with one attached hydrogen (secondary N) is 1. The van der Waals surface area contributed by atoms with Gasteiger partial charge in [0.1, 0.15) is 0 Å². The van der Waals surface area contributed by atoms with Gasteiger partial charge in [0, 0.05) is 6.04 Å². The second kappa shape index (κ2) is 6.73. The van der Waals surface area contributed by atoms with E-state index >= 15 is 0 Å². The molecule has 110 valence electrons. The van der Waals surface area contributed by atoms with Crippen molar-refractivity contribution < 1.29 is 0 Å². The maximum atomic E-state index is 5.86. The summed E-state index contributed by atoms with van der Waals surface area (Å²) >= 11 is 0. The number of rotatable bonds is 5. The van der Waals surface area contributed by atoms with E-state index in [2.05, 4.69) is 35.8 Å². The molecule has 1 aromatic rings. The van der Waals surface area contributed by atoms with Crippen LogP contribution in [-0.2, 0) is 0 Å². The number of benzene rings is 1. The fourth-order valence-electron chi connectivity index (χ4n) is 4.07. The lowest BCUT2D eigenvalue weighted by molar-refractivity contribution is 0.329. The Morgan fingerprint density at radius 1 is 1.05 bits per heavy atom. The first-order chi connectivity index (χ1) is 9.88. The summed E-state index contributed by atoms with van der Waals surface area (Å²) in [5.41, 5.74) is 4.63. The third-order valence-corrected chi connectivity index (χ3v) is 5.36. The summed E-state index contributed by atoms with van der Waals surface area (Å²) in [5, 5.41) is 0. The highest BCUT2D eigenvalue weighted by atomic mass is 15.2. The van der Waals surface area contributed by atoms with Crippen molar-refractivity contribution in [3.05, 3.63) is 35.9 Å². The maximum Gasteiger partial charge on any atom is 0.0247 e. The molecule has 0 heterocycles. The van der Waals surface area contributed by atoms with Crippen molar-refractivity contribution in [2.24, 2.45) is 17.7 Å². The van der Waals surface area contributed by atoms with Crippen LogP contribution in [0.5, 0.6) is 0 Å².